The predicted molar refractivity (Wildman–Crippen MR) is 88.7 cm³/mol. The number of amides is 1. The van der Waals surface area contributed by atoms with Crippen LogP contribution in [0, 0.1) is 0 Å². The Labute approximate surface area is 141 Å². The maximum atomic E-state index is 12.5. The highest BCUT2D eigenvalue weighted by Crippen LogP contribution is 2.25. The van der Waals surface area contributed by atoms with Crippen LogP contribution < -0.4 is 5.73 Å². The molecule has 1 aliphatic heterocycles. The second kappa shape index (κ2) is 6.87. The standard InChI is InChI=1S/C15H16BrN3O2S/c16-11-3-1-10(2-4-11)13-8-19(5-6-21-13)15(20)12-9-22-14(7-17)18-12/h1-4,9,13H,5-8,17H2. The lowest BCUT2D eigenvalue weighted by molar-refractivity contribution is -0.0230. The first kappa shape index (κ1) is 15.6. The van der Waals surface area contributed by atoms with Gasteiger partial charge < -0.3 is 15.4 Å². The minimum Gasteiger partial charge on any atom is -0.370 e. The quantitative estimate of drug-likeness (QED) is 0.886. The summed E-state index contributed by atoms with van der Waals surface area (Å²) in [6.45, 7) is 2.01. The van der Waals surface area contributed by atoms with Gasteiger partial charge in [0.1, 0.15) is 16.8 Å². The van der Waals surface area contributed by atoms with E-state index in [0.29, 0.717) is 31.9 Å². The molecule has 1 atom stereocenters. The molecule has 116 valence electrons. The third kappa shape index (κ3) is 3.38. The van der Waals surface area contributed by atoms with Crippen LogP contribution in [0.1, 0.15) is 27.2 Å². The van der Waals surface area contributed by atoms with Crippen molar-refractivity contribution in [2.24, 2.45) is 5.73 Å². The van der Waals surface area contributed by atoms with Crippen LogP contribution in [-0.4, -0.2) is 35.5 Å². The molecule has 2 heterocycles. The number of benzene rings is 1. The van der Waals surface area contributed by atoms with E-state index in [1.807, 2.05) is 24.3 Å². The fraction of sp³-hybridized carbons (Fsp3) is 0.333. The van der Waals surface area contributed by atoms with Crippen molar-refractivity contribution in [1.82, 2.24) is 9.88 Å². The SMILES string of the molecule is NCc1nc(C(=O)N2CCOC(c3ccc(Br)cc3)C2)cs1. The van der Waals surface area contributed by atoms with E-state index >= 15 is 0 Å². The van der Waals surface area contributed by atoms with Crippen LogP contribution in [0.2, 0.25) is 0 Å². The van der Waals surface area contributed by atoms with E-state index in [9.17, 15) is 4.79 Å². The van der Waals surface area contributed by atoms with Crippen LogP contribution in [0.5, 0.6) is 0 Å². The van der Waals surface area contributed by atoms with Crippen molar-refractivity contribution in [2.45, 2.75) is 12.6 Å². The van der Waals surface area contributed by atoms with E-state index in [1.165, 1.54) is 11.3 Å². The van der Waals surface area contributed by atoms with E-state index in [0.717, 1.165) is 15.0 Å². The summed E-state index contributed by atoms with van der Waals surface area (Å²) in [5, 5.41) is 2.55. The second-order valence-corrected chi connectivity index (χ2v) is 6.85. The molecule has 1 unspecified atom stereocenters. The summed E-state index contributed by atoms with van der Waals surface area (Å²) >= 11 is 4.84. The van der Waals surface area contributed by atoms with Crippen LogP contribution >= 0.6 is 27.3 Å². The summed E-state index contributed by atoms with van der Waals surface area (Å²) in [6.07, 6.45) is -0.0987. The molecule has 1 aliphatic rings. The van der Waals surface area contributed by atoms with Gasteiger partial charge in [0.25, 0.3) is 5.91 Å². The number of carbonyl (C=O) groups is 1. The maximum absolute atomic E-state index is 12.5. The first-order valence-corrected chi connectivity index (χ1v) is 8.65. The number of thiazole rings is 1. The highest BCUT2D eigenvalue weighted by Gasteiger charge is 2.27. The van der Waals surface area contributed by atoms with E-state index in [2.05, 4.69) is 20.9 Å². The van der Waals surface area contributed by atoms with Crippen LogP contribution in [-0.2, 0) is 11.3 Å². The molecule has 0 aliphatic carbocycles. The van der Waals surface area contributed by atoms with Crippen molar-refractivity contribution in [3.63, 3.8) is 0 Å². The van der Waals surface area contributed by atoms with Gasteiger partial charge in [-0.05, 0) is 17.7 Å². The molecule has 2 N–H and O–H groups in total. The summed E-state index contributed by atoms with van der Waals surface area (Å²) in [5.74, 6) is -0.0543. The molecule has 1 saturated heterocycles. The molecule has 0 saturated carbocycles. The zero-order valence-corrected chi connectivity index (χ0v) is 14.3. The molecule has 3 rings (SSSR count). The monoisotopic (exact) mass is 381 g/mol. The van der Waals surface area contributed by atoms with Crippen molar-refractivity contribution in [3.05, 3.63) is 50.4 Å². The van der Waals surface area contributed by atoms with Gasteiger partial charge in [-0.15, -0.1) is 11.3 Å². The first-order chi connectivity index (χ1) is 10.7. The second-order valence-electron chi connectivity index (χ2n) is 4.99. The molecular formula is C15H16BrN3O2S. The number of nitrogens with two attached hydrogens (primary N) is 1. The molecule has 7 heteroatoms. The van der Waals surface area contributed by atoms with Crippen molar-refractivity contribution < 1.29 is 9.53 Å². The van der Waals surface area contributed by atoms with Crippen molar-refractivity contribution in [3.8, 4) is 0 Å². The fourth-order valence-corrected chi connectivity index (χ4v) is 3.29. The third-order valence-electron chi connectivity index (χ3n) is 3.54. The van der Waals surface area contributed by atoms with Gasteiger partial charge >= 0.3 is 0 Å². The van der Waals surface area contributed by atoms with E-state index in [-0.39, 0.29) is 12.0 Å². The van der Waals surface area contributed by atoms with Crippen molar-refractivity contribution in [2.75, 3.05) is 19.7 Å². The molecule has 22 heavy (non-hydrogen) atoms. The topological polar surface area (TPSA) is 68.5 Å². The Kier molecular flexibility index (Phi) is 4.87. The number of nitrogens with zero attached hydrogens (tertiary/aromatic N) is 2. The number of carbonyl (C=O) groups excluding carboxylic acids is 1. The smallest absolute Gasteiger partial charge is 0.273 e. The van der Waals surface area contributed by atoms with Crippen LogP contribution in [0.15, 0.2) is 34.1 Å². The summed E-state index contributed by atoms with van der Waals surface area (Å²) < 4.78 is 6.82. The van der Waals surface area contributed by atoms with Crippen LogP contribution in [0.4, 0.5) is 0 Å². The minimum atomic E-state index is -0.0987. The lowest BCUT2D eigenvalue weighted by Gasteiger charge is -2.32. The van der Waals surface area contributed by atoms with E-state index < -0.39 is 0 Å². The Balaban J connectivity index is 1.72. The molecule has 5 nitrogen and oxygen atoms in total. The Morgan fingerprint density at radius 3 is 2.91 bits per heavy atom. The Bertz CT molecular complexity index is 659. The van der Waals surface area contributed by atoms with Gasteiger partial charge in [-0.1, -0.05) is 28.1 Å². The number of morpholine rings is 1. The molecule has 1 fully saturated rings. The zero-order valence-electron chi connectivity index (χ0n) is 11.9. The number of hydrogen-bond acceptors (Lipinski definition) is 5. The summed E-state index contributed by atoms with van der Waals surface area (Å²) in [5.41, 5.74) is 7.10. The molecule has 1 amide bonds. The summed E-state index contributed by atoms with van der Waals surface area (Å²) in [6, 6.07) is 7.98. The highest BCUT2D eigenvalue weighted by atomic mass is 79.9. The Morgan fingerprint density at radius 2 is 2.23 bits per heavy atom. The number of ether oxygens (including phenoxy) is 1. The van der Waals surface area contributed by atoms with Gasteiger partial charge in [0.15, 0.2) is 0 Å². The molecule has 0 bridgehead atoms. The molecule has 2 aromatic rings. The van der Waals surface area contributed by atoms with Crippen LogP contribution in [0.25, 0.3) is 0 Å². The fourth-order valence-electron chi connectivity index (χ4n) is 2.38. The highest BCUT2D eigenvalue weighted by molar-refractivity contribution is 9.10. The summed E-state index contributed by atoms with van der Waals surface area (Å²) in [7, 11) is 0. The number of aromatic nitrogens is 1. The van der Waals surface area contributed by atoms with Gasteiger partial charge in [0.05, 0.1) is 13.2 Å². The van der Waals surface area contributed by atoms with E-state index in [1.54, 1.807) is 10.3 Å². The molecule has 0 spiro atoms. The van der Waals surface area contributed by atoms with Gasteiger partial charge in [-0.25, -0.2) is 4.98 Å². The predicted octanol–water partition coefficient (Wildman–Crippen LogP) is 2.58. The van der Waals surface area contributed by atoms with Gasteiger partial charge in [0.2, 0.25) is 0 Å². The lowest BCUT2D eigenvalue weighted by Crippen LogP contribution is -2.42. The van der Waals surface area contributed by atoms with Crippen molar-refractivity contribution >= 4 is 33.2 Å². The van der Waals surface area contributed by atoms with Crippen LogP contribution in [0.3, 0.4) is 0 Å². The summed E-state index contributed by atoms with van der Waals surface area (Å²) in [4.78, 5) is 18.6. The molecule has 1 aromatic heterocycles. The third-order valence-corrected chi connectivity index (χ3v) is 4.94. The Hall–Kier alpha value is -1.28. The number of halogens is 1. The molecule has 1 aromatic carbocycles. The average Bonchev–Trinajstić information content (AvgIpc) is 3.04. The van der Waals surface area contributed by atoms with Gasteiger partial charge in [-0.2, -0.15) is 0 Å². The van der Waals surface area contributed by atoms with Crippen molar-refractivity contribution in [1.29, 1.82) is 0 Å². The van der Waals surface area contributed by atoms with Gasteiger partial charge in [0, 0.05) is 22.9 Å². The Morgan fingerprint density at radius 1 is 1.45 bits per heavy atom. The first-order valence-electron chi connectivity index (χ1n) is 6.98. The van der Waals surface area contributed by atoms with Gasteiger partial charge in [-0.3, -0.25) is 4.79 Å². The average molecular weight is 382 g/mol. The molecule has 0 radical (unpaired) electrons. The number of rotatable bonds is 3. The largest absolute Gasteiger partial charge is 0.370 e. The maximum Gasteiger partial charge on any atom is 0.273 e. The zero-order chi connectivity index (χ0) is 15.5. The molecular weight excluding hydrogens is 366 g/mol. The van der Waals surface area contributed by atoms with E-state index in [4.69, 9.17) is 10.5 Å². The minimum absolute atomic E-state index is 0.0543. The number of hydrogen-bond donors (Lipinski definition) is 1. The normalized spacial score (nSPS) is 18.5. The lowest BCUT2D eigenvalue weighted by atomic mass is 10.1.